The van der Waals surface area contributed by atoms with E-state index in [2.05, 4.69) is 45.0 Å². The summed E-state index contributed by atoms with van der Waals surface area (Å²) in [4.78, 5) is 17.0. The van der Waals surface area contributed by atoms with Crippen LogP contribution < -0.4 is 10.2 Å². The largest absolute Gasteiger partial charge is 0.359 e. The summed E-state index contributed by atoms with van der Waals surface area (Å²) >= 11 is 3.42. The highest BCUT2D eigenvalue weighted by atomic mass is 79.9. The number of nitro groups is 1. The van der Waals surface area contributed by atoms with E-state index >= 15 is 0 Å². The summed E-state index contributed by atoms with van der Waals surface area (Å²) in [5, 5.41) is 14.8. The Kier molecular flexibility index (Phi) is 4.93. The van der Waals surface area contributed by atoms with Crippen molar-refractivity contribution >= 4 is 27.3 Å². The lowest BCUT2D eigenvalue weighted by atomic mass is 10.0. The third-order valence-electron chi connectivity index (χ3n) is 3.80. The number of piperazine rings is 1. The van der Waals surface area contributed by atoms with Crippen molar-refractivity contribution in [2.75, 3.05) is 18.0 Å². The maximum atomic E-state index is 11.3. The van der Waals surface area contributed by atoms with E-state index in [1.165, 1.54) is 6.20 Å². The Balaban J connectivity index is 2.43. The molecule has 1 aromatic rings. The van der Waals surface area contributed by atoms with Crippen LogP contribution in [0.1, 0.15) is 26.7 Å². The minimum Gasteiger partial charge on any atom is -0.359 e. The third-order valence-corrected chi connectivity index (χ3v) is 4.38. The molecular weight excluding hydrogens is 324 g/mol. The molecule has 0 spiro atoms. The lowest BCUT2D eigenvalue weighted by Gasteiger charge is -2.41. The Morgan fingerprint density at radius 1 is 1.50 bits per heavy atom. The van der Waals surface area contributed by atoms with Crippen molar-refractivity contribution in [3.05, 3.63) is 27.0 Å². The van der Waals surface area contributed by atoms with E-state index in [1.54, 1.807) is 6.20 Å². The van der Waals surface area contributed by atoms with Gasteiger partial charge in [0.1, 0.15) is 11.9 Å². The molecule has 1 N–H and O–H groups in total. The average Bonchev–Trinajstić information content (AvgIpc) is 2.46. The van der Waals surface area contributed by atoms with Crippen molar-refractivity contribution in [3.63, 3.8) is 0 Å². The molecule has 110 valence electrons. The molecule has 1 aromatic heterocycles. The van der Waals surface area contributed by atoms with Crippen LogP contribution in [0, 0.1) is 10.1 Å². The van der Waals surface area contributed by atoms with Crippen LogP contribution in [0.4, 0.5) is 11.4 Å². The standard InChI is InChI=1S/C13H19BrN4O2/c1-3-9-8-17(10(4-2)5-16-9)13-11(14)6-15-7-12(13)18(19)20/h6-7,9-10,16H,3-5,8H2,1-2H3. The topological polar surface area (TPSA) is 71.3 Å². The molecule has 0 aliphatic carbocycles. The second-order valence-corrected chi connectivity index (χ2v) is 5.83. The molecule has 0 bridgehead atoms. The van der Waals surface area contributed by atoms with Crippen molar-refractivity contribution in [3.8, 4) is 0 Å². The van der Waals surface area contributed by atoms with Crippen LogP contribution in [0.25, 0.3) is 0 Å². The zero-order chi connectivity index (χ0) is 14.7. The van der Waals surface area contributed by atoms with Gasteiger partial charge in [-0.05, 0) is 28.8 Å². The van der Waals surface area contributed by atoms with E-state index in [1.807, 2.05) is 0 Å². The summed E-state index contributed by atoms with van der Waals surface area (Å²) in [6.45, 7) is 5.85. The van der Waals surface area contributed by atoms with Crippen LogP contribution in [0.2, 0.25) is 0 Å². The number of nitrogens with one attached hydrogen (secondary N) is 1. The van der Waals surface area contributed by atoms with Crippen LogP contribution in [-0.2, 0) is 0 Å². The van der Waals surface area contributed by atoms with Gasteiger partial charge in [0.2, 0.25) is 0 Å². The maximum absolute atomic E-state index is 11.3. The van der Waals surface area contributed by atoms with Gasteiger partial charge >= 0.3 is 5.69 Å². The zero-order valence-electron chi connectivity index (χ0n) is 11.7. The molecule has 2 unspecified atom stereocenters. The molecule has 0 radical (unpaired) electrons. The summed E-state index contributed by atoms with van der Waals surface area (Å²) in [6.07, 6.45) is 4.90. The lowest BCUT2D eigenvalue weighted by Crippen LogP contribution is -2.56. The summed E-state index contributed by atoms with van der Waals surface area (Å²) in [5.74, 6) is 0. The second kappa shape index (κ2) is 6.49. The quantitative estimate of drug-likeness (QED) is 0.672. The van der Waals surface area contributed by atoms with Crippen molar-refractivity contribution < 1.29 is 4.92 Å². The number of halogens is 1. The van der Waals surface area contributed by atoms with Crippen LogP contribution >= 0.6 is 15.9 Å². The number of aromatic nitrogens is 1. The van der Waals surface area contributed by atoms with Crippen LogP contribution in [-0.4, -0.2) is 35.1 Å². The van der Waals surface area contributed by atoms with E-state index in [-0.39, 0.29) is 16.7 Å². The first-order chi connectivity index (χ1) is 9.58. The number of hydrogen-bond acceptors (Lipinski definition) is 5. The van der Waals surface area contributed by atoms with E-state index in [4.69, 9.17) is 0 Å². The van der Waals surface area contributed by atoms with Gasteiger partial charge in [-0.25, -0.2) is 0 Å². The molecular formula is C13H19BrN4O2. The van der Waals surface area contributed by atoms with Crippen LogP contribution in [0.3, 0.4) is 0 Å². The third kappa shape index (κ3) is 2.93. The number of nitrogens with zero attached hydrogens (tertiary/aromatic N) is 3. The predicted octanol–water partition coefficient (Wildman–Crippen LogP) is 2.72. The van der Waals surface area contributed by atoms with E-state index < -0.39 is 0 Å². The summed E-state index contributed by atoms with van der Waals surface area (Å²) < 4.78 is 0.682. The van der Waals surface area contributed by atoms with Gasteiger partial charge in [-0.15, -0.1) is 0 Å². The molecule has 1 aliphatic rings. The molecule has 0 aromatic carbocycles. The van der Waals surface area contributed by atoms with E-state index in [0.717, 1.165) is 25.9 Å². The normalized spacial score (nSPS) is 22.9. The SMILES string of the molecule is CCC1CN(c2c(Br)cncc2[N+](=O)[O-])C(CC)CN1. The summed E-state index contributed by atoms with van der Waals surface area (Å²) in [5.41, 5.74) is 0.714. The molecule has 2 heterocycles. The minimum atomic E-state index is -0.358. The Hall–Kier alpha value is -1.21. The van der Waals surface area contributed by atoms with Crippen LogP contribution in [0.5, 0.6) is 0 Å². The second-order valence-electron chi connectivity index (χ2n) is 4.97. The fraction of sp³-hybridized carbons (Fsp3) is 0.615. The van der Waals surface area contributed by atoms with Gasteiger partial charge in [0, 0.05) is 31.4 Å². The maximum Gasteiger partial charge on any atom is 0.311 e. The Bertz CT molecular complexity index is 497. The Morgan fingerprint density at radius 3 is 2.85 bits per heavy atom. The van der Waals surface area contributed by atoms with Gasteiger partial charge in [0.25, 0.3) is 0 Å². The predicted molar refractivity (Wildman–Crippen MR) is 82.1 cm³/mol. The molecule has 0 amide bonds. The number of rotatable bonds is 4. The molecule has 6 nitrogen and oxygen atoms in total. The highest BCUT2D eigenvalue weighted by Crippen LogP contribution is 2.37. The van der Waals surface area contributed by atoms with Crippen molar-refractivity contribution in [1.29, 1.82) is 0 Å². The smallest absolute Gasteiger partial charge is 0.311 e. The molecule has 7 heteroatoms. The Morgan fingerprint density at radius 2 is 2.25 bits per heavy atom. The molecule has 2 atom stereocenters. The highest BCUT2D eigenvalue weighted by molar-refractivity contribution is 9.10. The molecule has 1 fully saturated rings. The summed E-state index contributed by atoms with van der Waals surface area (Å²) in [6, 6.07) is 0.618. The van der Waals surface area contributed by atoms with Gasteiger partial charge in [0.15, 0.2) is 0 Å². The van der Waals surface area contributed by atoms with Gasteiger partial charge in [-0.1, -0.05) is 13.8 Å². The van der Waals surface area contributed by atoms with Crippen molar-refractivity contribution in [1.82, 2.24) is 10.3 Å². The first-order valence-electron chi connectivity index (χ1n) is 6.86. The molecule has 1 saturated heterocycles. The van der Waals surface area contributed by atoms with Gasteiger partial charge in [0.05, 0.1) is 9.40 Å². The van der Waals surface area contributed by atoms with Gasteiger partial charge in [-0.3, -0.25) is 15.1 Å². The van der Waals surface area contributed by atoms with Gasteiger partial charge in [-0.2, -0.15) is 0 Å². The first-order valence-corrected chi connectivity index (χ1v) is 7.65. The minimum absolute atomic E-state index is 0.0644. The molecule has 20 heavy (non-hydrogen) atoms. The van der Waals surface area contributed by atoms with Crippen LogP contribution in [0.15, 0.2) is 16.9 Å². The van der Waals surface area contributed by atoms with Crippen molar-refractivity contribution in [2.45, 2.75) is 38.8 Å². The molecule has 2 rings (SSSR count). The van der Waals surface area contributed by atoms with E-state index in [0.29, 0.717) is 16.2 Å². The zero-order valence-corrected chi connectivity index (χ0v) is 13.3. The fourth-order valence-corrected chi connectivity index (χ4v) is 3.16. The molecule has 1 aliphatic heterocycles. The summed E-state index contributed by atoms with van der Waals surface area (Å²) in [7, 11) is 0. The molecule has 0 saturated carbocycles. The first kappa shape index (κ1) is 15.2. The lowest BCUT2D eigenvalue weighted by molar-refractivity contribution is -0.384. The monoisotopic (exact) mass is 342 g/mol. The number of pyridine rings is 1. The fourth-order valence-electron chi connectivity index (χ4n) is 2.61. The number of anilines is 1. The van der Waals surface area contributed by atoms with Gasteiger partial charge < -0.3 is 10.2 Å². The number of hydrogen-bond donors (Lipinski definition) is 1. The van der Waals surface area contributed by atoms with Crippen molar-refractivity contribution in [2.24, 2.45) is 0 Å². The Labute approximate surface area is 126 Å². The van der Waals surface area contributed by atoms with E-state index in [9.17, 15) is 10.1 Å². The average molecular weight is 343 g/mol. The highest BCUT2D eigenvalue weighted by Gasteiger charge is 2.32.